The Bertz CT molecular complexity index is 375. The summed E-state index contributed by atoms with van der Waals surface area (Å²) in [6.45, 7) is 2.66. The van der Waals surface area contributed by atoms with E-state index in [2.05, 4.69) is 15.3 Å². The van der Waals surface area contributed by atoms with Crippen molar-refractivity contribution < 1.29 is 14.7 Å². The van der Waals surface area contributed by atoms with Gasteiger partial charge in [0.2, 0.25) is 5.91 Å². The van der Waals surface area contributed by atoms with Gasteiger partial charge in [0.15, 0.2) is 0 Å². The molecule has 0 aromatic carbocycles. The van der Waals surface area contributed by atoms with E-state index in [1.54, 1.807) is 0 Å². The lowest BCUT2D eigenvalue weighted by molar-refractivity contribution is -0.151. The van der Waals surface area contributed by atoms with Crippen LogP contribution < -0.4 is 5.32 Å². The van der Waals surface area contributed by atoms with E-state index in [1.807, 2.05) is 0 Å². The highest BCUT2D eigenvalue weighted by atomic mass is 16.4. The summed E-state index contributed by atoms with van der Waals surface area (Å²) in [4.78, 5) is 29.7. The number of carboxylic acid groups (broad SMARTS) is 1. The quantitative estimate of drug-likeness (QED) is 0.708. The third-order valence-electron chi connectivity index (χ3n) is 1.92. The molecule has 1 aromatic heterocycles. The maximum Gasteiger partial charge on any atom is 0.318 e. The zero-order valence-electron chi connectivity index (χ0n) is 8.39. The van der Waals surface area contributed by atoms with E-state index in [4.69, 9.17) is 5.11 Å². The second-order valence-corrected chi connectivity index (χ2v) is 3.51. The molecule has 0 unspecified atom stereocenters. The third-order valence-corrected chi connectivity index (χ3v) is 1.92. The normalized spacial score (nSPS) is 10.8. The van der Waals surface area contributed by atoms with Crippen LogP contribution in [0.15, 0.2) is 18.7 Å². The molecule has 6 heteroatoms. The van der Waals surface area contributed by atoms with Crippen molar-refractivity contribution in [3.8, 4) is 0 Å². The summed E-state index contributed by atoms with van der Waals surface area (Å²) in [5.41, 5.74) is -1.10. The summed E-state index contributed by atoms with van der Waals surface area (Å²) in [5, 5.41) is 11.2. The zero-order chi connectivity index (χ0) is 11.5. The standard InChI is InChI=1S/C9H11N3O3/c1-9(2,8(14)15)7(13)12-6-3-10-5-11-4-6/h3-5H,1-2H3,(H,12,13)(H,14,15). The molecule has 1 aromatic rings. The van der Waals surface area contributed by atoms with Gasteiger partial charge in [0.1, 0.15) is 11.7 Å². The average molecular weight is 209 g/mol. The summed E-state index contributed by atoms with van der Waals surface area (Å²) in [6, 6.07) is 0. The number of carbonyl (C=O) groups excluding carboxylic acids is 1. The fraction of sp³-hybridized carbons (Fsp3) is 0.333. The van der Waals surface area contributed by atoms with Crippen molar-refractivity contribution >= 4 is 17.6 Å². The molecule has 0 aliphatic heterocycles. The maximum atomic E-state index is 11.5. The summed E-state index contributed by atoms with van der Waals surface area (Å²) in [6.07, 6.45) is 4.10. The van der Waals surface area contributed by atoms with Crippen molar-refractivity contribution in [3.63, 3.8) is 0 Å². The Morgan fingerprint density at radius 1 is 1.33 bits per heavy atom. The molecule has 0 aliphatic rings. The maximum absolute atomic E-state index is 11.5. The van der Waals surface area contributed by atoms with E-state index in [1.165, 1.54) is 32.6 Å². The van der Waals surface area contributed by atoms with Gasteiger partial charge in [0.25, 0.3) is 0 Å². The minimum Gasteiger partial charge on any atom is -0.480 e. The highest BCUT2D eigenvalue weighted by molar-refractivity contribution is 6.07. The predicted molar refractivity (Wildman–Crippen MR) is 52.1 cm³/mol. The molecule has 6 nitrogen and oxygen atoms in total. The highest BCUT2D eigenvalue weighted by Gasteiger charge is 2.36. The average Bonchev–Trinajstić information content (AvgIpc) is 2.18. The van der Waals surface area contributed by atoms with Crippen LogP contribution in [-0.4, -0.2) is 27.0 Å². The van der Waals surface area contributed by atoms with E-state index in [0.717, 1.165) is 0 Å². The lowest BCUT2D eigenvalue weighted by Crippen LogP contribution is -2.37. The second kappa shape index (κ2) is 4.04. The molecule has 1 heterocycles. The molecule has 0 aliphatic carbocycles. The minimum atomic E-state index is -1.48. The first-order valence-corrected chi connectivity index (χ1v) is 4.24. The van der Waals surface area contributed by atoms with Crippen LogP contribution in [0.3, 0.4) is 0 Å². The number of anilines is 1. The molecule has 0 radical (unpaired) electrons. The zero-order valence-corrected chi connectivity index (χ0v) is 8.39. The number of aliphatic carboxylic acids is 1. The van der Waals surface area contributed by atoms with E-state index in [-0.39, 0.29) is 0 Å². The molecule has 0 spiro atoms. The summed E-state index contributed by atoms with van der Waals surface area (Å²) < 4.78 is 0. The Morgan fingerprint density at radius 2 is 1.87 bits per heavy atom. The number of aromatic nitrogens is 2. The Labute approximate surface area is 86.4 Å². The van der Waals surface area contributed by atoms with Crippen molar-refractivity contribution in [1.29, 1.82) is 0 Å². The second-order valence-electron chi connectivity index (χ2n) is 3.51. The number of carboxylic acids is 1. The molecule has 1 amide bonds. The van der Waals surface area contributed by atoms with E-state index in [0.29, 0.717) is 5.69 Å². The number of hydrogen-bond acceptors (Lipinski definition) is 4. The Kier molecular flexibility index (Phi) is 2.99. The third kappa shape index (κ3) is 2.49. The van der Waals surface area contributed by atoms with Crippen molar-refractivity contribution in [2.24, 2.45) is 5.41 Å². The van der Waals surface area contributed by atoms with Gasteiger partial charge < -0.3 is 10.4 Å². The predicted octanol–water partition coefficient (Wildman–Crippen LogP) is 0.526. The largest absolute Gasteiger partial charge is 0.480 e. The molecule has 1 rings (SSSR count). The number of hydrogen-bond donors (Lipinski definition) is 2. The smallest absolute Gasteiger partial charge is 0.318 e. The topological polar surface area (TPSA) is 92.2 Å². The van der Waals surface area contributed by atoms with Gasteiger partial charge in [-0.3, -0.25) is 9.59 Å². The van der Waals surface area contributed by atoms with Crippen LogP contribution in [0.4, 0.5) is 5.69 Å². The SMILES string of the molecule is CC(C)(C(=O)O)C(=O)Nc1cncnc1. The number of amides is 1. The van der Waals surface area contributed by atoms with Crippen LogP contribution >= 0.6 is 0 Å². The van der Waals surface area contributed by atoms with Crippen molar-refractivity contribution in [3.05, 3.63) is 18.7 Å². The van der Waals surface area contributed by atoms with Gasteiger partial charge in [0, 0.05) is 0 Å². The van der Waals surface area contributed by atoms with Crippen LogP contribution in [0.1, 0.15) is 13.8 Å². The molecule has 0 fully saturated rings. The Balaban J connectivity index is 2.77. The first kappa shape index (κ1) is 11.1. The van der Waals surface area contributed by atoms with Gasteiger partial charge in [-0.25, -0.2) is 9.97 Å². The summed E-state index contributed by atoms with van der Waals surface area (Å²) >= 11 is 0. The molecular weight excluding hydrogens is 198 g/mol. The van der Waals surface area contributed by atoms with Gasteiger partial charge in [-0.15, -0.1) is 0 Å². The van der Waals surface area contributed by atoms with Crippen molar-refractivity contribution in [1.82, 2.24) is 9.97 Å². The number of carbonyl (C=O) groups is 2. The molecule has 0 saturated carbocycles. The van der Waals surface area contributed by atoms with Crippen LogP contribution in [-0.2, 0) is 9.59 Å². The lowest BCUT2D eigenvalue weighted by atomic mass is 9.93. The van der Waals surface area contributed by atoms with E-state index in [9.17, 15) is 9.59 Å². The van der Waals surface area contributed by atoms with Crippen LogP contribution in [0, 0.1) is 5.41 Å². The highest BCUT2D eigenvalue weighted by Crippen LogP contribution is 2.17. The fourth-order valence-corrected chi connectivity index (χ4v) is 0.748. The number of rotatable bonds is 3. The van der Waals surface area contributed by atoms with Crippen LogP contribution in [0.2, 0.25) is 0 Å². The molecule has 2 N–H and O–H groups in total. The van der Waals surface area contributed by atoms with Gasteiger partial charge in [0.05, 0.1) is 18.1 Å². The van der Waals surface area contributed by atoms with Gasteiger partial charge in [-0.2, -0.15) is 0 Å². The van der Waals surface area contributed by atoms with Crippen molar-refractivity contribution in [2.45, 2.75) is 13.8 Å². The fourth-order valence-electron chi connectivity index (χ4n) is 0.748. The van der Waals surface area contributed by atoms with Gasteiger partial charge >= 0.3 is 5.97 Å². The first-order chi connectivity index (χ1) is 6.94. The van der Waals surface area contributed by atoms with E-state index < -0.39 is 17.3 Å². The van der Waals surface area contributed by atoms with Crippen LogP contribution in [0.25, 0.3) is 0 Å². The number of nitrogens with one attached hydrogen (secondary N) is 1. The monoisotopic (exact) mass is 209 g/mol. The molecular formula is C9H11N3O3. The van der Waals surface area contributed by atoms with Crippen molar-refractivity contribution in [2.75, 3.05) is 5.32 Å². The Hall–Kier alpha value is -1.98. The summed E-state index contributed by atoms with van der Waals surface area (Å²) in [7, 11) is 0. The molecule has 15 heavy (non-hydrogen) atoms. The molecule has 0 bridgehead atoms. The molecule has 0 atom stereocenters. The Morgan fingerprint density at radius 3 is 2.33 bits per heavy atom. The summed E-state index contributed by atoms with van der Waals surface area (Å²) in [5.74, 6) is -1.79. The first-order valence-electron chi connectivity index (χ1n) is 4.24. The van der Waals surface area contributed by atoms with Gasteiger partial charge in [-0.05, 0) is 13.8 Å². The molecule has 0 saturated heterocycles. The lowest BCUT2D eigenvalue weighted by Gasteiger charge is -2.17. The molecule has 80 valence electrons. The minimum absolute atomic E-state index is 0.372. The van der Waals surface area contributed by atoms with Gasteiger partial charge in [-0.1, -0.05) is 0 Å². The number of nitrogens with zero attached hydrogens (tertiary/aromatic N) is 2. The van der Waals surface area contributed by atoms with E-state index >= 15 is 0 Å². The van der Waals surface area contributed by atoms with Crippen LogP contribution in [0.5, 0.6) is 0 Å².